The third-order valence-electron chi connectivity index (χ3n) is 3.25. The Balaban J connectivity index is 2.15. The molecule has 0 aromatic carbocycles. The number of aliphatic hydroxyl groups is 1. The summed E-state index contributed by atoms with van der Waals surface area (Å²) in [6, 6.07) is 1.87. The summed E-state index contributed by atoms with van der Waals surface area (Å²) in [6.07, 6.45) is 3.27. The Morgan fingerprint density at radius 1 is 1.57 bits per heavy atom. The van der Waals surface area contributed by atoms with E-state index in [4.69, 9.17) is 11.6 Å². The molecular weight excluding hydrogens is 216 g/mol. The van der Waals surface area contributed by atoms with Crippen LogP contribution in [-0.2, 0) is 0 Å². The maximum absolute atomic E-state index is 10.2. The first kappa shape index (κ1) is 10.5. The molecule has 0 bridgehead atoms. The van der Waals surface area contributed by atoms with Crippen LogP contribution in [0.3, 0.4) is 0 Å². The van der Waals surface area contributed by atoms with Gasteiger partial charge in [-0.2, -0.15) is 0 Å². The molecule has 1 fully saturated rings. The van der Waals surface area contributed by atoms with Crippen molar-refractivity contribution in [1.29, 1.82) is 0 Å². The Bertz CT molecular complexity index is 310. The highest BCUT2D eigenvalue weighted by atomic mass is 35.5. The monoisotopic (exact) mass is 230 g/mol. The maximum atomic E-state index is 10.2. The van der Waals surface area contributed by atoms with Crippen LogP contribution in [0.15, 0.2) is 11.4 Å². The Hall–Kier alpha value is -0.0500. The average Bonchev–Trinajstić information content (AvgIpc) is 2.73. The fraction of sp³-hybridized carbons (Fsp3) is 0.636. The van der Waals surface area contributed by atoms with Crippen molar-refractivity contribution in [3.05, 3.63) is 21.3 Å². The highest BCUT2D eigenvalue weighted by Crippen LogP contribution is 2.43. The SMILES string of the molecule is CC1CCCC1C(O)c1sccc1Cl. The first-order valence-corrected chi connectivity index (χ1v) is 6.37. The second kappa shape index (κ2) is 4.21. The van der Waals surface area contributed by atoms with Crippen molar-refractivity contribution in [2.24, 2.45) is 11.8 Å². The second-order valence-electron chi connectivity index (χ2n) is 4.15. The van der Waals surface area contributed by atoms with Crippen LogP contribution in [0.1, 0.15) is 37.2 Å². The van der Waals surface area contributed by atoms with Gasteiger partial charge in [-0.3, -0.25) is 0 Å². The van der Waals surface area contributed by atoms with Crippen molar-refractivity contribution in [3.63, 3.8) is 0 Å². The molecule has 1 nitrogen and oxygen atoms in total. The van der Waals surface area contributed by atoms with Crippen molar-refractivity contribution >= 4 is 22.9 Å². The molecule has 2 rings (SSSR count). The van der Waals surface area contributed by atoms with E-state index in [1.807, 2.05) is 11.4 Å². The van der Waals surface area contributed by atoms with Gasteiger partial charge in [0.1, 0.15) is 0 Å². The summed E-state index contributed by atoms with van der Waals surface area (Å²) < 4.78 is 0. The molecule has 0 aliphatic heterocycles. The van der Waals surface area contributed by atoms with Gasteiger partial charge in [-0.05, 0) is 29.7 Å². The van der Waals surface area contributed by atoms with E-state index in [1.54, 1.807) is 11.3 Å². The minimum absolute atomic E-state index is 0.347. The van der Waals surface area contributed by atoms with E-state index in [2.05, 4.69) is 6.92 Å². The molecule has 1 aromatic heterocycles. The Morgan fingerprint density at radius 2 is 2.36 bits per heavy atom. The van der Waals surface area contributed by atoms with Gasteiger partial charge < -0.3 is 5.11 Å². The largest absolute Gasteiger partial charge is 0.387 e. The predicted molar refractivity (Wildman–Crippen MR) is 60.8 cm³/mol. The summed E-state index contributed by atoms with van der Waals surface area (Å²) in [4.78, 5) is 0.949. The van der Waals surface area contributed by atoms with Gasteiger partial charge in [-0.15, -0.1) is 11.3 Å². The topological polar surface area (TPSA) is 20.2 Å². The average molecular weight is 231 g/mol. The van der Waals surface area contributed by atoms with Crippen molar-refractivity contribution in [2.75, 3.05) is 0 Å². The van der Waals surface area contributed by atoms with Crippen LogP contribution in [0.2, 0.25) is 5.02 Å². The molecule has 0 amide bonds. The summed E-state index contributed by atoms with van der Waals surface area (Å²) in [6.45, 7) is 2.22. The molecule has 1 N–H and O–H groups in total. The summed E-state index contributed by atoms with van der Waals surface area (Å²) in [5, 5.41) is 12.9. The molecule has 1 aliphatic rings. The molecule has 78 valence electrons. The normalized spacial score (nSPS) is 29.4. The molecule has 3 unspecified atom stereocenters. The third-order valence-corrected chi connectivity index (χ3v) is 4.68. The molecule has 0 radical (unpaired) electrons. The van der Waals surface area contributed by atoms with Gasteiger partial charge in [0.15, 0.2) is 0 Å². The van der Waals surface area contributed by atoms with Gasteiger partial charge in [0.25, 0.3) is 0 Å². The molecule has 1 aliphatic carbocycles. The van der Waals surface area contributed by atoms with E-state index in [0.717, 1.165) is 16.3 Å². The Kier molecular flexibility index (Phi) is 3.15. The van der Waals surface area contributed by atoms with Crippen LogP contribution in [0.25, 0.3) is 0 Å². The van der Waals surface area contributed by atoms with Crippen molar-refractivity contribution in [3.8, 4) is 0 Å². The lowest BCUT2D eigenvalue weighted by atomic mass is 9.91. The van der Waals surface area contributed by atoms with Gasteiger partial charge >= 0.3 is 0 Å². The molecular formula is C11H15ClOS. The van der Waals surface area contributed by atoms with Crippen LogP contribution in [0.4, 0.5) is 0 Å². The predicted octanol–water partition coefficient (Wildman–Crippen LogP) is 3.87. The van der Waals surface area contributed by atoms with E-state index in [0.29, 0.717) is 11.8 Å². The van der Waals surface area contributed by atoms with E-state index in [1.165, 1.54) is 12.8 Å². The standard InChI is InChI=1S/C11H15ClOS/c1-7-3-2-4-8(7)10(13)11-9(12)5-6-14-11/h5-8,10,13H,2-4H2,1H3. The highest BCUT2D eigenvalue weighted by molar-refractivity contribution is 7.10. The smallest absolute Gasteiger partial charge is 0.0927 e. The number of aliphatic hydroxyl groups excluding tert-OH is 1. The van der Waals surface area contributed by atoms with E-state index >= 15 is 0 Å². The first-order valence-electron chi connectivity index (χ1n) is 5.11. The zero-order valence-corrected chi connectivity index (χ0v) is 9.81. The number of hydrogen-bond donors (Lipinski definition) is 1. The quantitative estimate of drug-likeness (QED) is 0.818. The Labute approximate surface area is 93.7 Å². The van der Waals surface area contributed by atoms with Gasteiger partial charge in [0.2, 0.25) is 0 Å². The fourth-order valence-corrected chi connectivity index (χ4v) is 3.58. The molecule has 1 heterocycles. The Morgan fingerprint density at radius 3 is 2.86 bits per heavy atom. The van der Waals surface area contributed by atoms with Crippen LogP contribution in [-0.4, -0.2) is 5.11 Å². The van der Waals surface area contributed by atoms with Gasteiger partial charge in [0.05, 0.1) is 16.0 Å². The second-order valence-corrected chi connectivity index (χ2v) is 5.50. The lowest BCUT2D eigenvalue weighted by molar-refractivity contribution is 0.0933. The zero-order valence-electron chi connectivity index (χ0n) is 8.24. The van der Waals surface area contributed by atoms with E-state index < -0.39 is 0 Å². The molecule has 3 heteroatoms. The fourth-order valence-electron chi connectivity index (χ4n) is 2.35. The molecule has 14 heavy (non-hydrogen) atoms. The van der Waals surface area contributed by atoms with Gasteiger partial charge in [0, 0.05) is 0 Å². The molecule has 0 saturated heterocycles. The lowest BCUT2D eigenvalue weighted by Gasteiger charge is -2.21. The summed E-state index contributed by atoms with van der Waals surface area (Å²) in [5.41, 5.74) is 0. The molecule has 1 aromatic rings. The van der Waals surface area contributed by atoms with Crippen molar-refractivity contribution in [1.82, 2.24) is 0 Å². The molecule has 3 atom stereocenters. The van der Waals surface area contributed by atoms with Crippen LogP contribution < -0.4 is 0 Å². The summed E-state index contributed by atoms with van der Waals surface area (Å²) in [5.74, 6) is 1.04. The first-order chi connectivity index (χ1) is 6.70. The van der Waals surface area contributed by atoms with Crippen LogP contribution >= 0.6 is 22.9 Å². The van der Waals surface area contributed by atoms with Crippen LogP contribution in [0, 0.1) is 11.8 Å². The third kappa shape index (κ3) is 1.83. The molecule has 0 spiro atoms. The number of halogens is 1. The summed E-state index contributed by atoms with van der Waals surface area (Å²) in [7, 11) is 0. The van der Waals surface area contributed by atoms with Crippen molar-refractivity contribution < 1.29 is 5.11 Å². The van der Waals surface area contributed by atoms with Gasteiger partial charge in [-0.1, -0.05) is 31.4 Å². The maximum Gasteiger partial charge on any atom is 0.0927 e. The van der Waals surface area contributed by atoms with Crippen molar-refractivity contribution in [2.45, 2.75) is 32.3 Å². The number of hydrogen-bond acceptors (Lipinski definition) is 2. The van der Waals surface area contributed by atoms with E-state index in [-0.39, 0.29) is 6.10 Å². The molecule has 1 saturated carbocycles. The number of thiophene rings is 1. The van der Waals surface area contributed by atoms with Crippen LogP contribution in [0.5, 0.6) is 0 Å². The minimum Gasteiger partial charge on any atom is -0.387 e. The number of rotatable bonds is 2. The van der Waals surface area contributed by atoms with Gasteiger partial charge in [-0.25, -0.2) is 0 Å². The minimum atomic E-state index is -0.347. The highest BCUT2D eigenvalue weighted by Gasteiger charge is 2.32. The summed E-state index contributed by atoms with van der Waals surface area (Å²) >= 11 is 7.58. The zero-order chi connectivity index (χ0) is 10.1. The van der Waals surface area contributed by atoms with E-state index in [9.17, 15) is 5.11 Å². The lowest BCUT2D eigenvalue weighted by Crippen LogP contribution is -2.14.